The molecule has 0 saturated carbocycles. The summed E-state index contributed by atoms with van der Waals surface area (Å²) in [5, 5.41) is 4.75. The first-order valence-electron chi connectivity index (χ1n) is 8.08. The van der Waals surface area contributed by atoms with Crippen molar-refractivity contribution in [3.63, 3.8) is 0 Å². The first-order chi connectivity index (χ1) is 12.2. The Balaban J connectivity index is 2.01. The van der Waals surface area contributed by atoms with Crippen LogP contribution in [0.25, 0.3) is 27.9 Å². The molecule has 124 valence electrons. The van der Waals surface area contributed by atoms with Gasteiger partial charge in [-0.05, 0) is 41.5 Å². The quantitative estimate of drug-likeness (QED) is 0.586. The third-order valence-corrected chi connectivity index (χ3v) is 4.31. The van der Waals surface area contributed by atoms with Crippen LogP contribution in [0.15, 0.2) is 67.1 Å². The molecule has 0 unspecified atom stereocenters. The molecule has 0 bridgehead atoms. The summed E-state index contributed by atoms with van der Waals surface area (Å²) in [6, 6.07) is 14.6. The number of pyridine rings is 2. The van der Waals surface area contributed by atoms with E-state index in [4.69, 9.17) is 10.8 Å². The average molecular weight is 333 g/mol. The second-order valence-corrected chi connectivity index (χ2v) is 6.05. The molecule has 0 saturated heterocycles. The zero-order valence-electron chi connectivity index (χ0n) is 13.9. The smallest absolute Gasteiger partial charge is 0.169 e. The maximum absolute atomic E-state index is 13.3. The summed E-state index contributed by atoms with van der Waals surface area (Å²) in [5.41, 5.74) is 11.5. The number of rotatable bonds is 3. The monoisotopic (exact) mass is 333 g/mol. The van der Waals surface area contributed by atoms with Crippen molar-refractivity contribution in [2.45, 2.75) is 6.54 Å². The molecule has 0 fully saturated rings. The van der Waals surface area contributed by atoms with E-state index < -0.39 is 0 Å². The molecule has 0 aliphatic carbocycles. The van der Waals surface area contributed by atoms with Gasteiger partial charge in [0.05, 0.1) is 5.52 Å². The van der Waals surface area contributed by atoms with Crippen LogP contribution >= 0.6 is 0 Å². The van der Waals surface area contributed by atoms with Crippen molar-refractivity contribution >= 4 is 5.52 Å². The summed E-state index contributed by atoms with van der Waals surface area (Å²) >= 11 is 0. The summed E-state index contributed by atoms with van der Waals surface area (Å²) in [6.45, 7) is 0.457. The fraction of sp³-hybridized carbons (Fsp3) is 0.100. The van der Waals surface area contributed by atoms with Crippen LogP contribution in [0.5, 0.6) is 0 Å². The van der Waals surface area contributed by atoms with Crippen molar-refractivity contribution in [2.75, 3.05) is 0 Å². The number of aryl methyl sites for hydroxylation is 1. The lowest BCUT2D eigenvalue weighted by Gasteiger charge is -2.03. The van der Waals surface area contributed by atoms with Crippen LogP contribution in [-0.4, -0.2) is 9.61 Å². The number of nitrogens with zero attached hydrogens (tertiary/aromatic N) is 3. The van der Waals surface area contributed by atoms with E-state index in [-0.39, 0.29) is 5.82 Å². The van der Waals surface area contributed by atoms with Crippen molar-refractivity contribution < 1.29 is 8.96 Å². The highest BCUT2D eigenvalue weighted by molar-refractivity contribution is 5.92. The Kier molecular flexibility index (Phi) is 3.78. The van der Waals surface area contributed by atoms with Gasteiger partial charge in [0.1, 0.15) is 18.6 Å². The van der Waals surface area contributed by atoms with E-state index in [9.17, 15) is 4.39 Å². The maximum atomic E-state index is 13.3. The van der Waals surface area contributed by atoms with Crippen LogP contribution in [0.1, 0.15) is 5.56 Å². The lowest BCUT2D eigenvalue weighted by Crippen LogP contribution is -2.25. The Labute approximate surface area is 145 Å². The van der Waals surface area contributed by atoms with Gasteiger partial charge in [0.25, 0.3) is 0 Å². The van der Waals surface area contributed by atoms with Crippen molar-refractivity contribution in [3.8, 4) is 22.4 Å². The molecular formula is C20H18FN4+. The first-order valence-corrected chi connectivity index (χ1v) is 8.08. The summed E-state index contributed by atoms with van der Waals surface area (Å²) in [6.07, 6.45) is 5.94. The fourth-order valence-electron chi connectivity index (χ4n) is 2.97. The normalized spacial score (nSPS) is 11.2. The van der Waals surface area contributed by atoms with E-state index in [1.807, 2.05) is 46.9 Å². The fourth-order valence-corrected chi connectivity index (χ4v) is 2.97. The first kappa shape index (κ1) is 15.5. The van der Waals surface area contributed by atoms with E-state index >= 15 is 0 Å². The van der Waals surface area contributed by atoms with Crippen molar-refractivity contribution in [3.05, 3.63) is 78.5 Å². The molecule has 5 heteroatoms. The second-order valence-electron chi connectivity index (χ2n) is 6.05. The molecule has 0 aliphatic rings. The number of nitrogens with two attached hydrogens (primary N) is 1. The molecule has 3 heterocycles. The highest BCUT2D eigenvalue weighted by Gasteiger charge is 2.17. The molecular weight excluding hydrogens is 315 g/mol. The topological polar surface area (TPSA) is 47.2 Å². The van der Waals surface area contributed by atoms with Gasteiger partial charge in [-0.15, -0.1) is 0 Å². The van der Waals surface area contributed by atoms with E-state index in [0.29, 0.717) is 6.54 Å². The Bertz CT molecular complexity index is 1030. The second kappa shape index (κ2) is 6.11. The van der Waals surface area contributed by atoms with Crippen LogP contribution in [0.4, 0.5) is 4.39 Å². The molecule has 0 radical (unpaired) electrons. The number of hydrogen-bond acceptors (Lipinski definition) is 2. The minimum Gasteiger partial charge on any atom is -0.326 e. The van der Waals surface area contributed by atoms with Crippen molar-refractivity contribution in [2.24, 2.45) is 12.8 Å². The zero-order valence-corrected chi connectivity index (χ0v) is 13.9. The SMILES string of the molecule is C[n+]1ccc(-c2c(-c3ccc(F)cc3)nn3cc(CN)ccc23)cc1. The number of fused-ring (bicyclic) bond motifs is 1. The van der Waals surface area contributed by atoms with E-state index in [1.165, 1.54) is 12.1 Å². The largest absolute Gasteiger partial charge is 0.326 e. The molecule has 4 rings (SSSR count). The third-order valence-electron chi connectivity index (χ3n) is 4.31. The highest BCUT2D eigenvalue weighted by atomic mass is 19.1. The predicted octanol–water partition coefficient (Wildman–Crippen LogP) is 3.09. The average Bonchev–Trinajstić information content (AvgIpc) is 3.01. The molecule has 4 aromatic rings. The highest BCUT2D eigenvalue weighted by Crippen LogP contribution is 2.34. The lowest BCUT2D eigenvalue weighted by atomic mass is 10.0. The maximum Gasteiger partial charge on any atom is 0.169 e. The van der Waals surface area contributed by atoms with Gasteiger partial charge in [-0.25, -0.2) is 13.5 Å². The minimum atomic E-state index is -0.258. The molecule has 25 heavy (non-hydrogen) atoms. The Hall–Kier alpha value is -3.05. The molecule has 1 aromatic carbocycles. The summed E-state index contributed by atoms with van der Waals surface area (Å²) < 4.78 is 17.2. The van der Waals surface area contributed by atoms with Gasteiger partial charge < -0.3 is 5.73 Å². The van der Waals surface area contributed by atoms with Gasteiger partial charge in [0.15, 0.2) is 12.4 Å². The van der Waals surface area contributed by atoms with Crippen LogP contribution in [0.3, 0.4) is 0 Å². The van der Waals surface area contributed by atoms with E-state index in [0.717, 1.165) is 33.5 Å². The Morgan fingerprint density at radius 3 is 2.40 bits per heavy atom. The number of benzene rings is 1. The van der Waals surface area contributed by atoms with Gasteiger partial charge in [0.2, 0.25) is 0 Å². The summed E-state index contributed by atoms with van der Waals surface area (Å²) in [4.78, 5) is 0. The van der Waals surface area contributed by atoms with Gasteiger partial charge in [-0.3, -0.25) is 0 Å². The summed E-state index contributed by atoms with van der Waals surface area (Å²) in [5.74, 6) is -0.258. The van der Waals surface area contributed by atoms with Crippen molar-refractivity contribution in [1.82, 2.24) is 9.61 Å². The van der Waals surface area contributed by atoms with Crippen LogP contribution in [0, 0.1) is 5.82 Å². The summed E-state index contributed by atoms with van der Waals surface area (Å²) in [7, 11) is 1.98. The third kappa shape index (κ3) is 2.79. The number of aromatic nitrogens is 3. The molecule has 4 nitrogen and oxygen atoms in total. The lowest BCUT2D eigenvalue weighted by molar-refractivity contribution is -0.671. The predicted molar refractivity (Wildman–Crippen MR) is 95.1 cm³/mol. The molecule has 0 amide bonds. The standard InChI is InChI=1S/C20H18FN4/c1-24-10-8-15(9-11-24)19-18-7-2-14(12-22)13-25(18)23-20(19)16-3-5-17(21)6-4-16/h2-11,13H,12,22H2,1H3/q+1. The van der Waals surface area contributed by atoms with E-state index in [2.05, 4.69) is 12.1 Å². The molecule has 3 aromatic heterocycles. The molecule has 0 aliphatic heterocycles. The molecule has 0 atom stereocenters. The van der Waals surface area contributed by atoms with Gasteiger partial charge in [-0.1, -0.05) is 6.07 Å². The Morgan fingerprint density at radius 1 is 1.00 bits per heavy atom. The van der Waals surface area contributed by atoms with Crippen LogP contribution < -0.4 is 10.3 Å². The minimum absolute atomic E-state index is 0.258. The zero-order chi connectivity index (χ0) is 17.4. The molecule has 0 spiro atoms. The van der Waals surface area contributed by atoms with Gasteiger partial charge in [-0.2, -0.15) is 5.10 Å². The van der Waals surface area contributed by atoms with Crippen LogP contribution in [-0.2, 0) is 13.6 Å². The van der Waals surface area contributed by atoms with E-state index in [1.54, 1.807) is 12.1 Å². The Morgan fingerprint density at radius 2 is 1.72 bits per heavy atom. The van der Waals surface area contributed by atoms with Gasteiger partial charge in [0, 0.05) is 36.0 Å². The van der Waals surface area contributed by atoms with Crippen molar-refractivity contribution in [1.29, 1.82) is 0 Å². The number of halogens is 1. The van der Waals surface area contributed by atoms with Gasteiger partial charge >= 0.3 is 0 Å². The molecule has 2 N–H and O–H groups in total. The van der Waals surface area contributed by atoms with Crippen LogP contribution in [0.2, 0.25) is 0 Å². The number of hydrogen-bond donors (Lipinski definition) is 1.